The van der Waals surface area contributed by atoms with Gasteiger partial charge in [0.1, 0.15) is 0 Å². The summed E-state index contributed by atoms with van der Waals surface area (Å²) in [6, 6.07) is 6.29. The molecule has 1 N–H and O–H groups in total. The van der Waals surface area contributed by atoms with Gasteiger partial charge in [-0.1, -0.05) is 11.2 Å². The SMILES string of the molecule is O=C(O)c1cc(-c2cc3ccc(C(F)(F)F)cc3s2)on1. The van der Waals surface area contributed by atoms with E-state index in [4.69, 9.17) is 9.63 Å². The zero-order valence-electron chi connectivity index (χ0n) is 10.1. The summed E-state index contributed by atoms with van der Waals surface area (Å²) in [7, 11) is 0. The van der Waals surface area contributed by atoms with Crippen LogP contribution >= 0.6 is 11.3 Å². The Balaban J connectivity index is 2.06. The van der Waals surface area contributed by atoms with Crippen molar-refractivity contribution >= 4 is 27.4 Å². The molecule has 0 fully saturated rings. The van der Waals surface area contributed by atoms with Crippen LogP contribution in [0.5, 0.6) is 0 Å². The second kappa shape index (κ2) is 4.59. The molecule has 4 nitrogen and oxygen atoms in total. The molecule has 0 bridgehead atoms. The average molecular weight is 313 g/mol. The highest BCUT2D eigenvalue weighted by Gasteiger charge is 2.30. The van der Waals surface area contributed by atoms with E-state index in [0.717, 1.165) is 23.5 Å². The first-order valence-electron chi connectivity index (χ1n) is 5.66. The van der Waals surface area contributed by atoms with Crippen molar-refractivity contribution < 1.29 is 27.6 Å². The number of hydrogen-bond donors (Lipinski definition) is 1. The third kappa shape index (κ3) is 2.49. The van der Waals surface area contributed by atoms with Crippen molar-refractivity contribution in [2.45, 2.75) is 6.18 Å². The maximum absolute atomic E-state index is 12.6. The molecule has 0 atom stereocenters. The highest BCUT2D eigenvalue weighted by atomic mass is 32.1. The van der Waals surface area contributed by atoms with Gasteiger partial charge in [-0.3, -0.25) is 0 Å². The van der Waals surface area contributed by atoms with E-state index in [0.29, 0.717) is 15.0 Å². The minimum Gasteiger partial charge on any atom is -0.476 e. The van der Waals surface area contributed by atoms with Crippen molar-refractivity contribution in [1.29, 1.82) is 0 Å². The lowest BCUT2D eigenvalue weighted by atomic mass is 10.1. The van der Waals surface area contributed by atoms with Crippen molar-refractivity contribution in [3.63, 3.8) is 0 Å². The van der Waals surface area contributed by atoms with Gasteiger partial charge in [-0.15, -0.1) is 11.3 Å². The van der Waals surface area contributed by atoms with Crippen LogP contribution < -0.4 is 0 Å². The Bertz CT molecular complexity index is 835. The van der Waals surface area contributed by atoms with E-state index in [1.54, 1.807) is 6.07 Å². The first-order valence-corrected chi connectivity index (χ1v) is 6.47. The number of halogens is 3. The number of aromatic carboxylic acids is 1. The molecule has 3 aromatic rings. The average Bonchev–Trinajstić information content (AvgIpc) is 3.03. The van der Waals surface area contributed by atoms with Gasteiger partial charge in [0.05, 0.1) is 10.4 Å². The molecule has 8 heteroatoms. The lowest BCUT2D eigenvalue weighted by molar-refractivity contribution is -0.137. The van der Waals surface area contributed by atoms with E-state index in [-0.39, 0.29) is 11.5 Å². The molecule has 0 aliphatic carbocycles. The van der Waals surface area contributed by atoms with Crippen molar-refractivity contribution in [1.82, 2.24) is 5.16 Å². The Morgan fingerprint density at radius 3 is 2.62 bits per heavy atom. The first-order chi connectivity index (χ1) is 9.84. The summed E-state index contributed by atoms with van der Waals surface area (Å²) in [5.41, 5.74) is -0.981. The Hall–Kier alpha value is -2.35. The summed E-state index contributed by atoms with van der Waals surface area (Å²) < 4.78 is 43.3. The summed E-state index contributed by atoms with van der Waals surface area (Å²) in [5.74, 6) is -1.02. The van der Waals surface area contributed by atoms with E-state index in [1.165, 1.54) is 12.1 Å². The van der Waals surface area contributed by atoms with Crippen LogP contribution in [0.2, 0.25) is 0 Å². The molecule has 2 heterocycles. The number of alkyl halides is 3. The summed E-state index contributed by atoms with van der Waals surface area (Å²) >= 11 is 1.08. The Morgan fingerprint density at radius 1 is 1.24 bits per heavy atom. The summed E-state index contributed by atoms with van der Waals surface area (Å²) in [6.45, 7) is 0. The molecule has 0 aliphatic heterocycles. The maximum Gasteiger partial charge on any atom is 0.416 e. The van der Waals surface area contributed by atoms with Crippen LogP contribution in [-0.4, -0.2) is 16.2 Å². The molecular weight excluding hydrogens is 307 g/mol. The van der Waals surface area contributed by atoms with Gasteiger partial charge in [-0.25, -0.2) is 4.79 Å². The number of carboxylic acid groups (broad SMARTS) is 1. The molecule has 0 saturated carbocycles. The van der Waals surface area contributed by atoms with Crippen LogP contribution in [0.1, 0.15) is 16.1 Å². The predicted octanol–water partition coefficient (Wildman–Crippen LogP) is 4.27. The molecule has 0 unspecified atom stereocenters. The molecule has 108 valence electrons. The number of fused-ring (bicyclic) bond motifs is 1. The van der Waals surface area contributed by atoms with Crippen LogP contribution in [0, 0.1) is 0 Å². The van der Waals surface area contributed by atoms with Crippen LogP contribution in [0.4, 0.5) is 13.2 Å². The number of carboxylic acids is 1. The number of carbonyl (C=O) groups is 1. The van der Waals surface area contributed by atoms with E-state index < -0.39 is 17.7 Å². The van der Waals surface area contributed by atoms with Gasteiger partial charge in [0.15, 0.2) is 11.5 Å². The predicted molar refractivity (Wildman–Crippen MR) is 69.3 cm³/mol. The topological polar surface area (TPSA) is 63.3 Å². The molecule has 21 heavy (non-hydrogen) atoms. The van der Waals surface area contributed by atoms with E-state index in [9.17, 15) is 18.0 Å². The van der Waals surface area contributed by atoms with Gasteiger partial charge in [-0.2, -0.15) is 13.2 Å². The van der Waals surface area contributed by atoms with Gasteiger partial charge in [0.25, 0.3) is 0 Å². The van der Waals surface area contributed by atoms with E-state index in [1.807, 2.05) is 0 Å². The number of rotatable bonds is 2. The lowest BCUT2D eigenvalue weighted by Crippen LogP contribution is -2.03. The largest absolute Gasteiger partial charge is 0.476 e. The molecule has 1 aromatic carbocycles. The summed E-state index contributed by atoms with van der Waals surface area (Å²) in [5, 5.41) is 12.8. The molecule has 0 aliphatic rings. The standard InChI is InChI=1S/C13H6F3NO3S/c14-13(15,16)7-2-1-6-3-11(21-10(6)4-7)9-5-8(12(18)19)17-20-9/h1-5H,(H,18,19). The number of hydrogen-bond acceptors (Lipinski definition) is 4. The molecule has 0 radical (unpaired) electrons. The smallest absolute Gasteiger partial charge is 0.416 e. The van der Waals surface area contributed by atoms with Crippen molar-refractivity contribution in [3.05, 3.63) is 41.6 Å². The fourth-order valence-corrected chi connectivity index (χ4v) is 2.87. The monoisotopic (exact) mass is 313 g/mol. The van der Waals surface area contributed by atoms with E-state index >= 15 is 0 Å². The second-order valence-corrected chi connectivity index (χ2v) is 5.33. The maximum atomic E-state index is 12.6. The van der Waals surface area contributed by atoms with Crippen LogP contribution in [0.25, 0.3) is 20.7 Å². The lowest BCUT2D eigenvalue weighted by Gasteiger charge is -2.05. The number of benzene rings is 1. The summed E-state index contributed by atoms with van der Waals surface area (Å²) in [6.07, 6.45) is -4.40. The molecule has 2 aromatic heterocycles. The molecular formula is C13H6F3NO3S. The van der Waals surface area contributed by atoms with Gasteiger partial charge >= 0.3 is 12.1 Å². The minimum absolute atomic E-state index is 0.210. The number of aromatic nitrogens is 1. The highest BCUT2D eigenvalue weighted by Crippen LogP contribution is 2.37. The Kier molecular flexibility index (Phi) is 2.98. The van der Waals surface area contributed by atoms with Crippen molar-refractivity contribution in [2.75, 3.05) is 0 Å². The fraction of sp³-hybridized carbons (Fsp3) is 0.0769. The third-order valence-electron chi connectivity index (χ3n) is 2.82. The van der Waals surface area contributed by atoms with Gasteiger partial charge in [-0.05, 0) is 23.6 Å². The summed E-state index contributed by atoms with van der Waals surface area (Å²) in [4.78, 5) is 11.2. The zero-order chi connectivity index (χ0) is 15.2. The Labute approximate surface area is 119 Å². The first kappa shape index (κ1) is 13.6. The van der Waals surface area contributed by atoms with Gasteiger partial charge in [0, 0.05) is 10.8 Å². The molecule has 0 saturated heterocycles. The van der Waals surface area contributed by atoms with Gasteiger partial charge < -0.3 is 9.63 Å². The van der Waals surface area contributed by atoms with E-state index in [2.05, 4.69) is 5.16 Å². The molecule has 3 rings (SSSR count). The Morgan fingerprint density at radius 2 is 2.00 bits per heavy atom. The number of nitrogens with zero attached hydrogens (tertiary/aromatic N) is 1. The fourth-order valence-electron chi connectivity index (χ4n) is 1.82. The quantitative estimate of drug-likeness (QED) is 0.767. The van der Waals surface area contributed by atoms with Crippen molar-refractivity contribution in [3.8, 4) is 10.6 Å². The number of thiophene rings is 1. The van der Waals surface area contributed by atoms with Crippen LogP contribution in [0.15, 0.2) is 34.9 Å². The highest BCUT2D eigenvalue weighted by molar-refractivity contribution is 7.22. The minimum atomic E-state index is -4.40. The zero-order valence-corrected chi connectivity index (χ0v) is 11.0. The van der Waals surface area contributed by atoms with Gasteiger partial charge in [0.2, 0.25) is 0 Å². The second-order valence-electron chi connectivity index (χ2n) is 4.24. The van der Waals surface area contributed by atoms with Crippen LogP contribution in [-0.2, 0) is 6.18 Å². The van der Waals surface area contributed by atoms with Crippen molar-refractivity contribution in [2.24, 2.45) is 0 Å². The molecule has 0 spiro atoms. The third-order valence-corrected chi connectivity index (χ3v) is 3.93. The normalized spacial score (nSPS) is 12.0. The molecule has 0 amide bonds. The van der Waals surface area contributed by atoms with Crippen LogP contribution in [0.3, 0.4) is 0 Å².